The number of nitrogen functional groups attached to an aromatic ring is 1. The van der Waals surface area contributed by atoms with Crippen LogP contribution in [-0.2, 0) is 6.42 Å². The lowest BCUT2D eigenvalue weighted by molar-refractivity contribution is 0.373. The van der Waals surface area contributed by atoms with Crippen molar-refractivity contribution in [2.45, 2.75) is 27.2 Å². The highest BCUT2D eigenvalue weighted by Gasteiger charge is 2.05. The summed E-state index contributed by atoms with van der Waals surface area (Å²) in [7, 11) is 1.54. The molecule has 0 unspecified atom stereocenters. The molecule has 2 aromatic rings. The monoisotopic (exact) mass is 323 g/mol. The van der Waals surface area contributed by atoms with Crippen LogP contribution in [0, 0.1) is 6.92 Å². The van der Waals surface area contributed by atoms with E-state index >= 15 is 0 Å². The Morgan fingerprint density at radius 2 is 1.92 bits per heavy atom. The van der Waals surface area contributed by atoms with E-state index in [4.69, 9.17) is 10.5 Å². The summed E-state index contributed by atoms with van der Waals surface area (Å²) in [6.45, 7) is 6.29. The maximum Gasteiger partial charge on any atom is 0.161 e. The first-order valence-electron chi connectivity index (χ1n) is 7.98. The first-order valence-corrected chi connectivity index (χ1v) is 7.98. The van der Waals surface area contributed by atoms with E-state index in [1.165, 1.54) is 16.7 Å². The second-order valence-corrected chi connectivity index (χ2v) is 6.16. The molecule has 24 heavy (non-hydrogen) atoms. The van der Waals surface area contributed by atoms with Gasteiger partial charge >= 0.3 is 0 Å². The fourth-order valence-corrected chi connectivity index (χ4v) is 2.59. The van der Waals surface area contributed by atoms with Crippen molar-refractivity contribution in [1.29, 1.82) is 0 Å². The van der Waals surface area contributed by atoms with Crippen molar-refractivity contribution in [2.24, 2.45) is 0 Å². The summed E-state index contributed by atoms with van der Waals surface area (Å²) < 4.78 is 5.15. The molecule has 0 amide bonds. The smallest absolute Gasteiger partial charge is 0.161 e. The highest BCUT2D eigenvalue weighted by molar-refractivity contribution is 5.74. The molecule has 2 rings (SSSR count). The normalized spacial score (nSPS) is 10.8. The van der Waals surface area contributed by atoms with E-state index in [1.54, 1.807) is 19.2 Å². The molecular formula is C21H25NO2. The minimum Gasteiger partial charge on any atom is -0.504 e. The number of allylic oxidation sites excluding steroid dienone is 2. The van der Waals surface area contributed by atoms with Gasteiger partial charge in [0.1, 0.15) is 0 Å². The predicted molar refractivity (Wildman–Crippen MR) is 102 cm³/mol. The Bertz CT molecular complexity index is 785. The van der Waals surface area contributed by atoms with Crippen LogP contribution in [0.15, 0.2) is 42.0 Å². The average molecular weight is 323 g/mol. The number of rotatable bonds is 5. The van der Waals surface area contributed by atoms with Crippen LogP contribution in [0.5, 0.6) is 11.5 Å². The van der Waals surface area contributed by atoms with E-state index < -0.39 is 0 Å². The lowest BCUT2D eigenvalue weighted by Crippen LogP contribution is -1.96. The van der Waals surface area contributed by atoms with Crippen molar-refractivity contribution in [1.82, 2.24) is 0 Å². The number of anilines is 1. The lowest BCUT2D eigenvalue weighted by atomic mass is 9.96. The topological polar surface area (TPSA) is 55.5 Å². The van der Waals surface area contributed by atoms with E-state index in [0.717, 1.165) is 23.2 Å². The van der Waals surface area contributed by atoms with Crippen LogP contribution < -0.4 is 10.5 Å². The molecule has 0 aliphatic carbocycles. The van der Waals surface area contributed by atoms with Gasteiger partial charge in [-0.2, -0.15) is 0 Å². The van der Waals surface area contributed by atoms with E-state index in [9.17, 15) is 5.11 Å². The molecule has 0 spiro atoms. The fourth-order valence-electron chi connectivity index (χ4n) is 2.59. The molecule has 0 heterocycles. The Morgan fingerprint density at radius 3 is 2.58 bits per heavy atom. The number of hydrogen-bond donors (Lipinski definition) is 2. The van der Waals surface area contributed by atoms with Crippen LogP contribution in [0.4, 0.5) is 5.69 Å². The van der Waals surface area contributed by atoms with E-state index in [1.807, 2.05) is 24.3 Å². The Labute approximate surface area is 144 Å². The molecule has 126 valence electrons. The van der Waals surface area contributed by atoms with Gasteiger partial charge < -0.3 is 15.6 Å². The number of aryl methyl sites for hydroxylation is 1. The number of aromatic hydroxyl groups is 1. The number of phenolic OH excluding ortho intramolecular Hbond substituents is 1. The Kier molecular flexibility index (Phi) is 5.69. The highest BCUT2D eigenvalue weighted by Crippen LogP contribution is 2.28. The zero-order chi connectivity index (χ0) is 17.7. The second kappa shape index (κ2) is 7.73. The molecule has 0 atom stereocenters. The third-order valence-electron chi connectivity index (χ3n) is 3.90. The molecule has 0 aromatic heterocycles. The highest BCUT2D eigenvalue weighted by atomic mass is 16.5. The predicted octanol–water partition coefficient (Wildman–Crippen LogP) is 4.97. The van der Waals surface area contributed by atoms with Crippen LogP contribution >= 0.6 is 0 Å². The number of benzene rings is 2. The summed E-state index contributed by atoms with van der Waals surface area (Å²) in [6, 6.07) is 9.29. The SMILES string of the molecule is COc1cc(/C=C/c2cc(N)cc(C)c2CC=C(C)C)ccc1O. The Hall–Kier alpha value is -2.68. The second-order valence-electron chi connectivity index (χ2n) is 6.16. The van der Waals surface area contributed by atoms with Crippen LogP contribution in [-0.4, -0.2) is 12.2 Å². The molecule has 3 heteroatoms. The molecule has 0 aliphatic rings. The van der Waals surface area contributed by atoms with Crippen LogP contribution in [0.1, 0.15) is 36.1 Å². The largest absolute Gasteiger partial charge is 0.504 e. The number of ether oxygens (including phenoxy) is 1. The van der Waals surface area contributed by atoms with Crippen molar-refractivity contribution < 1.29 is 9.84 Å². The van der Waals surface area contributed by atoms with Gasteiger partial charge in [0.25, 0.3) is 0 Å². The number of phenols is 1. The van der Waals surface area contributed by atoms with Crippen molar-refractivity contribution in [3.8, 4) is 11.5 Å². The van der Waals surface area contributed by atoms with Crippen molar-refractivity contribution in [3.05, 3.63) is 64.2 Å². The molecule has 3 N–H and O–H groups in total. The summed E-state index contributed by atoms with van der Waals surface area (Å²) in [5.74, 6) is 0.601. The maximum atomic E-state index is 9.69. The Morgan fingerprint density at radius 1 is 1.17 bits per heavy atom. The molecular weight excluding hydrogens is 298 g/mol. The average Bonchev–Trinajstić information content (AvgIpc) is 2.52. The van der Waals surface area contributed by atoms with Gasteiger partial charge in [0.2, 0.25) is 0 Å². The third-order valence-corrected chi connectivity index (χ3v) is 3.90. The minimum atomic E-state index is 0.138. The lowest BCUT2D eigenvalue weighted by Gasteiger charge is -2.10. The maximum absolute atomic E-state index is 9.69. The summed E-state index contributed by atoms with van der Waals surface area (Å²) in [5, 5.41) is 9.69. The minimum absolute atomic E-state index is 0.138. The van der Waals surface area contributed by atoms with E-state index in [0.29, 0.717) is 5.75 Å². The summed E-state index contributed by atoms with van der Waals surface area (Å²) in [6.07, 6.45) is 7.16. The quantitative estimate of drug-likeness (QED) is 0.464. The van der Waals surface area contributed by atoms with Gasteiger partial charge in [-0.15, -0.1) is 0 Å². The molecule has 0 saturated carbocycles. The molecule has 0 aliphatic heterocycles. The van der Waals surface area contributed by atoms with E-state index in [-0.39, 0.29) is 5.75 Å². The first-order chi connectivity index (χ1) is 11.4. The first kappa shape index (κ1) is 17.7. The van der Waals surface area contributed by atoms with Crippen molar-refractivity contribution in [2.75, 3.05) is 12.8 Å². The molecule has 2 aromatic carbocycles. The zero-order valence-electron chi connectivity index (χ0n) is 14.8. The van der Waals surface area contributed by atoms with Crippen molar-refractivity contribution in [3.63, 3.8) is 0 Å². The van der Waals surface area contributed by atoms with Crippen LogP contribution in [0.3, 0.4) is 0 Å². The Balaban J connectivity index is 2.39. The third kappa shape index (κ3) is 4.42. The van der Waals surface area contributed by atoms with E-state index in [2.05, 4.69) is 32.9 Å². The standard InChI is InChI=1S/C21H25NO2/c1-14(2)5-9-19-15(3)11-18(22)13-17(19)8-6-16-7-10-20(23)21(12-16)24-4/h5-8,10-13,23H,9,22H2,1-4H3/b8-6+. The van der Waals surface area contributed by atoms with Crippen molar-refractivity contribution >= 4 is 17.8 Å². The number of hydrogen-bond acceptors (Lipinski definition) is 3. The molecule has 0 fully saturated rings. The van der Waals surface area contributed by atoms with Gasteiger partial charge in [0.05, 0.1) is 7.11 Å². The van der Waals surface area contributed by atoms with Crippen LogP contribution in [0.2, 0.25) is 0 Å². The summed E-state index contributed by atoms with van der Waals surface area (Å²) in [4.78, 5) is 0. The molecule has 0 saturated heterocycles. The van der Waals surface area contributed by atoms with Gasteiger partial charge in [0.15, 0.2) is 11.5 Å². The molecule has 0 radical (unpaired) electrons. The molecule has 3 nitrogen and oxygen atoms in total. The molecule has 0 bridgehead atoms. The van der Waals surface area contributed by atoms with Gasteiger partial charge in [-0.25, -0.2) is 0 Å². The van der Waals surface area contributed by atoms with Gasteiger partial charge in [0, 0.05) is 5.69 Å². The van der Waals surface area contributed by atoms with Gasteiger partial charge in [-0.05, 0) is 73.7 Å². The van der Waals surface area contributed by atoms with Crippen LogP contribution in [0.25, 0.3) is 12.2 Å². The van der Waals surface area contributed by atoms with Gasteiger partial charge in [-0.1, -0.05) is 29.9 Å². The number of methoxy groups -OCH3 is 1. The number of nitrogens with two attached hydrogens (primary N) is 1. The van der Waals surface area contributed by atoms with Gasteiger partial charge in [-0.3, -0.25) is 0 Å². The summed E-state index contributed by atoms with van der Waals surface area (Å²) >= 11 is 0. The fraction of sp³-hybridized carbons (Fsp3) is 0.238. The summed E-state index contributed by atoms with van der Waals surface area (Å²) in [5.41, 5.74) is 12.6. The zero-order valence-corrected chi connectivity index (χ0v) is 14.8.